The van der Waals surface area contributed by atoms with Gasteiger partial charge in [0.15, 0.2) is 0 Å². The molecule has 2 saturated heterocycles. The minimum Gasteiger partial charge on any atom is -0.480 e. The lowest BCUT2D eigenvalue weighted by atomic mass is 10.0. The highest BCUT2D eigenvalue weighted by molar-refractivity contribution is 5.98. The second-order valence-electron chi connectivity index (χ2n) is 8.96. The molecule has 2 aliphatic heterocycles. The van der Waals surface area contributed by atoms with E-state index in [-0.39, 0.29) is 25.4 Å². The Morgan fingerprint density at radius 2 is 1.69 bits per heavy atom. The van der Waals surface area contributed by atoms with Gasteiger partial charge in [0, 0.05) is 64.5 Å². The molecule has 0 spiro atoms. The predicted molar refractivity (Wildman–Crippen MR) is 135 cm³/mol. The summed E-state index contributed by atoms with van der Waals surface area (Å²) >= 11 is 0. The van der Waals surface area contributed by atoms with Crippen molar-refractivity contribution in [2.24, 2.45) is 5.73 Å². The molecule has 0 aliphatic carbocycles. The Kier molecular flexibility index (Phi) is 11.5. The smallest absolute Gasteiger partial charge is 0.480 e. The van der Waals surface area contributed by atoms with E-state index in [0.29, 0.717) is 32.3 Å². The molecule has 1 aromatic rings. The maximum absolute atomic E-state index is 13.2. The number of carbonyl (C=O) groups excluding carboxylic acids is 4. The molecule has 1 aromatic heterocycles. The van der Waals surface area contributed by atoms with Crippen LogP contribution >= 0.6 is 0 Å². The van der Waals surface area contributed by atoms with Gasteiger partial charge in [-0.2, -0.15) is 13.2 Å². The van der Waals surface area contributed by atoms with E-state index >= 15 is 0 Å². The van der Waals surface area contributed by atoms with Crippen LogP contribution in [-0.4, -0.2) is 136 Å². The van der Waals surface area contributed by atoms with Gasteiger partial charge in [0.1, 0.15) is 12.5 Å². The van der Waals surface area contributed by atoms with E-state index in [0.717, 1.165) is 22.6 Å². The van der Waals surface area contributed by atoms with E-state index in [2.05, 4.69) is 9.88 Å². The van der Waals surface area contributed by atoms with Gasteiger partial charge in [0.25, 0.3) is 11.6 Å². The highest BCUT2D eigenvalue weighted by atomic mass is 19.4. The molecule has 3 amide bonds. The highest BCUT2D eigenvalue weighted by Gasteiger charge is 2.52. The van der Waals surface area contributed by atoms with Crippen molar-refractivity contribution in [2.45, 2.75) is 24.4 Å². The number of anilines is 1. The number of ether oxygens (including phenoxy) is 1. The number of aliphatic carboxylic acids is 2. The van der Waals surface area contributed by atoms with Gasteiger partial charge in [-0.1, -0.05) is 0 Å². The molecule has 0 unspecified atom stereocenters. The number of alkyl halides is 3. The molecule has 3 heterocycles. The highest BCUT2D eigenvalue weighted by Crippen LogP contribution is 2.27. The number of hydrogen-bond donors (Lipinski definition) is 3. The zero-order valence-corrected chi connectivity index (χ0v) is 22.3. The number of piperazine rings is 2. The molecule has 3 rings (SSSR count). The molecule has 42 heavy (non-hydrogen) atoms. The summed E-state index contributed by atoms with van der Waals surface area (Å²) in [5.74, 6) is -4.56. The largest absolute Gasteiger partial charge is 0.490 e. The van der Waals surface area contributed by atoms with E-state index in [1.807, 2.05) is 12.1 Å². The van der Waals surface area contributed by atoms with Crippen LogP contribution in [0.2, 0.25) is 0 Å². The number of nitrogens with zero attached hydrogens (tertiary/aromatic N) is 5. The summed E-state index contributed by atoms with van der Waals surface area (Å²) in [6.45, 7) is 1.23. The fraction of sp³-hybridized carbons (Fsp3) is 0.500. The normalized spacial score (nSPS) is 19.7. The standard InChI is InChI=1S/C22H28N6O7.C2HF3O2/c1-35-22(4-13-29)21(34)27(15-19(31)32)11-12-28(22)20(33)17(23)14-18(30)26-9-7-25(8-10-26)16-2-5-24-6-3-16;3-2(4,5)1(6)7/h2-6,17H,7-12,14-15,23H2,1H3,(H,31,32);(H,6,7)/t17-,22-;/m0./s1. The monoisotopic (exact) mass is 602 g/mol. The van der Waals surface area contributed by atoms with E-state index in [4.69, 9.17) is 25.5 Å². The maximum atomic E-state index is 13.2. The van der Waals surface area contributed by atoms with Gasteiger partial charge in [0.2, 0.25) is 11.8 Å². The molecule has 0 bridgehead atoms. The summed E-state index contributed by atoms with van der Waals surface area (Å²) in [7, 11) is 1.11. The molecule has 4 N–H and O–H groups in total. The third kappa shape index (κ3) is 8.25. The summed E-state index contributed by atoms with van der Waals surface area (Å²) in [6, 6.07) is 2.48. The Hall–Kier alpha value is -4.54. The first-order chi connectivity index (χ1) is 19.7. The van der Waals surface area contributed by atoms with Crippen LogP contribution in [0.4, 0.5) is 18.9 Å². The van der Waals surface area contributed by atoms with Crippen molar-refractivity contribution < 1.29 is 56.9 Å². The topological polar surface area (TPSA) is 204 Å². The molecular weight excluding hydrogens is 573 g/mol. The molecule has 0 saturated carbocycles. The number of rotatable bonds is 8. The summed E-state index contributed by atoms with van der Waals surface area (Å²) in [4.78, 5) is 79.8. The Morgan fingerprint density at radius 3 is 2.17 bits per heavy atom. The molecular formula is C24H29F3N6O9. The van der Waals surface area contributed by atoms with Gasteiger partial charge < -0.3 is 35.4 Å². The molecule has 15 nitrogen and oxygen atoms in total. The minimum absolute atomic E-state index is 0.105. The summed E-state index contributed by atoms with van der Waals surface area (Å²) in [6.07, 6.45) is -1.27. The summed E-state index contributed by atoms with van der Waals surface area (Å²) in [5.41, 5.74) is 4.88. The number of hydrogen-bond acceptors (Lipinski definition) is 10. The number of aromatic nitrogens is 1. The lowest BCUT2D eigenvalue weighted by Crippen LogP contribution is -2.69. The number of methoxy groups -OCH3 is 1. The maximum Gasteiger partial charge on any atom is 0.490 e. The van der Waals surface area contributed by atoms with Crippen molar-refractivity contribution in [3.63, 3.8) is 0 Å². The number of carboxylic acid groups (broad SMARTS) is 2. The number of carbonyl (C=O) groups is 5. The lowest BCUT2D eigenvalue weighted by molar-refractivity contribution is -0.192. The van der Waals surface area contributed by atoms with Crippen molar-refractivity contribution in [3.05, 3.63) is 30.6 Å². The van der Waals surface area contributed by atoms with Crippen LogP contribution < -0.4 is 10.6 Å². The lowest BCUT2D eigenvalue weighted by Gasteiger charge is -2.46. The molecule has 230 valence electrons. The van der Waals surface area contributed by atoms with E-state index in [1.165, 1.54) is 5.94 Å². The summed E-state index contributed by atoms with van der Waals surface area (Å²) in [5, 5.41) is 16.2. The molecule has 2 fully saturated rings. The molecule has 0 aromatic carbocycles. The van der Waals surface area contributed by atoms with Gasteiger partial charge in [-0.15, -0.1) is 0 Å². The Labute approximate surface area is 236 Å². The predicted octanol–water partition coefficient (Wildman–Crippen LogP) is -1.43. The number of pyridine rings is 1. The SMILES string of the molecule is CO[C@@]1(C=C=O)C(=O)N(CC(=O)O)CCN1C(=O)[C@@H](N)CC(=O)N1CCN(c2ccncc2)CC1.O=C(O)C(F)(F)F. The van der Waals surface area contributed by atoms with Crippen LogP contribution in [0.25, 0.3) is 0 Å². The van der Waals surface area contributed by atoms with Crippen LogP contribution in [0.5, 0.6) is 0 Å². The second kappa shape index (κ2) is 14.4. The van der Waals surface area contributed by atoms with Gasteiger partial charge in [-0.25, -0.2) is 9.59 Å². The van der Waals surface area contributed by atoms with Crippen molar-refractivity contribution in [1.82, 2.24) is 19.7 Å². The quantitative estimate of drug-likeness (QED) is 0.293. The third-order valence-corrected chi connectivity index (χ3v) is 6.36. The fourth-order valence-electron chi connectivity index (χ4n) is 4.27. The Balaban J connectivity index is 0.000000782. The summed E-state index contributed by atoms with van der Waals surface area (Å²) < 4.78 is 37.0. The van der Waals surface area contributed by atoms with Crippen LogP contribution in [0.3, 0.4) is 0 Å². The van der Waals surface area contributed by atoms with Crippen LogP contribution in [0.1, 0.15) is 6.42 Å². The Morgan fingerprint density at radius 1 is 1.12 bits per heavy atom. The second-order valence-corrected chi connectivity index (χ2v) is 8.96. The van der Waals surface area contributed by atoms with E-state index in [9.17, 15) is 37.1 Å². The molecule has 2 atom stereocenters. The molecule has 18 heteroatoms. The van der Waals surface area contributed by atoms with E-state index in [1.54, 1.807) is 17.3 Å². The third-order valence-electron chi connectivity index (χ3n) is 6.36. The van der Waals surface area contributed by atoms with Gasteiger partial charge in [-0.3, -0.25) is 29.1 Å². The average molecular weight is 603 g/mol. The number of halogens is 3. The van der Waals surface area contributed by atoms with Crippen molar-refractivity contribution >= 4 is 41.3 Å². The molecule has 2 aliphatic rings. The number of amides is 3. The first kappa shape index (κ1) is 33.7. The van der Waals surface area contributed by atoms with Crippen LogP contribution in [0, 0.1) is 0 Å². The number of carboxylic acids is 2. The zero-order chi connectivity index (χ0) is 31.7. The van der Waals surface area contributed by atoms with Crippen molar-refractivity contribution in [1.29, 1.82) is 0 Å². The van der Waals surface area contributed by atoms with Crippen molar-refractivity contribution in [2.75, 3.05) is 57.8 Å². The Bertz CT molecular complexity index is 1200. The van der Waals surface area contributed by atoms with Crippen LogP contribution in [-0.2, 0) is 33.5 Å². The first-order valence-corrected chi connectivity index (χ1v) is 12.3. The van der Waals surface area contributed by atoms with Crippen LogP contribution in [0.15, 0.2) is 30.6 Å². The first-order valence-electron chi connectivity index (χ1n) is 12.3. The van der Waals surface area contributed by atoms with Gasteiger partial charge in [0.05, 0.1) is 18.5 Å². The zero-order valence-electron chi connectivity index (χ0n) is 22.3. The van der Waals surface area contributed by atoms with Gasteiger partial charge >= 0.3 is 18.1 Å². The van der Waals surface area contributed by atoms with E-state index < -0.39 is 48.2 Å². The fourth-order valence-corrected chi connectivity index (χ4v) is 4.27. The number of nitrogens with two attached hydrogens (primary N) is 1. The van der Waals surface area contributed by atoms with Gasteiger partial charge in [-0.05, 0) is 12.1 Å². The van der Waals surface area contributed by atoms with Crippen molar-refractivity contribution in [3.8, 4) is 0 Å². The molecule has 0 radical (unpaired) electrons. The average Bonchev–Trinajstić information content (AvgIpc) is 2.95. The minimum atomic E-state index is -5.08.